The number of allylic oxidation sites excluding steroid dienone is 2. The van der Waals surface area contributed by atoms with Gasteiger partial charge < -0.3 is 0 Å². The van der Waals surface area contributed by atoms with E-state index in [-0.39, 0.29) is 0 Å². The average molecular weight is 243 g/mol. The molecule has 1 rings (SSSR count). The Bertz CT molecular complexity index is 516. The number of nitroso groups, excluding NO2 is 1. The number of pyridine rings is 1. The third-order valence-corrected chi connectivity index (χ3v) is 2.12. The van der Waals surface area contributed by atoms with Gasteiger partial charge in [-0.1, -0.05) is 12.1 Å². The number of aliphatic imine (C=N–C) groups is 1. The smallest absolute Gasteiger partial charge is 0.264 e. The number of nitrogens with zero attached hydrogens (tertiary/aromatic N) is 3. The van der Waals surface area contributed by atoms with Crippen molar-refractivity contribution in [2.45, 2.75) is 13.8 Å². The van der Waals surface area contributed by atoms with Crippen LogP contribution in [0, 0.1) is 4.91 Å². The molecular weight excluding hydrogens is 230 g/mol. The molecule has 0 aliphatic rings. The van der Waals surface area contributed by atoms with E-state index in [4.69, 9.17) is 0 Å². The van der Waals surface area contributed by atoms with Gasteiger partial charge in [-0.15, -0.1) is 4.91 Å². The van der Waals surface area contributed by atoms with Crippen LogP contribution in [0.15, 0.2) is 58.6 Å². The van der Waals surface area contributed by atoms with Crippen molar-refractivity contribution < 1.29 is 4.79 Å². The average Bonchev–Trinajstić information content (AvgIpc) is 2.42. The van der Waals surface area contributed by atoms with Crippen LogP contribution in [-0.4, -0.2) is 16.6 Å². The number of hydrogen-bond donors (Lipinski definition) is 0. The molecule has 92 valence electrons. The number of carbonyl (C=O) groups excluding carboxylic acids is 1. The van der Waals surface area contributed by atoms with Crippen molar-refractivity contribution in [3.63, 3.8) is 0 Å². The van der Waals surface area contributed by atoms with Gasteiger partial charge in [-0.25, -0.2) is 0 Å². The molecule has 5 nitrogen and oxygen atoms in total. The third kappa shape index (κ3) is 4.61. The molecule has 0 fully saturated rings. The highest BCUT2D eigenvalue weighted by Gasteiger charge is 1.94. The zero-order valence-electron chi connectivity index (χ0n) is 10.2. The van der Waals surface area contributed by atoms with Crippen molar-refractivity contribution in [1.82, 2.24) is 4.98 Å². The third-order valence-electron chi connectivity index (χ3n) is 2.12. The van der Waals surface area contributed by atoms with E-state index >= 15 is 0 Å². The molecule has 0 radical (unpaired) electrons. The van der Waals surface area contributed by atoms with Crippen molar-refractivity contribution in [2.75, 3.05) is 0 Å². The number of aromatic nitrogens is 1. The maximum atomic E-state index is 10.6. The molecule has 0 aromatic carbocycles. The molecule has 1 heterocycles. The molecule has 0 N–H and O–H groups in total. The van der Waals surface area contributed by atoms with Gasteiger partial charge in [-0.3, -0.25) is 14.8 Å². The first kappa shape index (κ1) is 13.6. The van der Waals surface area contributed by atoms with Gasteiger partial charge in [0.05, 0.1) is 0 Å². The maximum Gasteiger partial charge on any atom is 0.309 e. The van der Waals surface area contributed by atoms with Crippen LogP contribution in [0.2, 0.25) is 0 Å². The van der Waals surface area contributed by atoms with E-state index in [9.17, 15) is 9.70 Å². The quantitative estimate of drug-likeness (QED) is 0.353. The number of hydrogen-bond acceptors (Lipinski definition) is 4. The summed E-state index contributed by atoms with van der Waals surface area (Å²) < 4.78 is 0. The second-order valence-electron chi connectivity index (χ2n) is 3.59. The van der Waals surface area contributed by atoms with Crippen molar-refractivity contribution in [3.8, 4) is 0 Å². The van der Waals surface area contributed by atoms with Gasteiger partial charge in [0.25, 0.3) is 0 Å². The van der Waals surface area contributed by atoms with E-state index in [1.54, 1.807) is 25.5 Å². The Balaban J connectivity index is 2.76. The molecule has 0 unspecified atom stereocenters. The molecule has 0 saturated heterocycles. The monoisotopic (exact) mass is 243 g/mol. The lowest BCUT2D eigenvalue weighted by molar-refractivity contribution is -0.113. The van der Waals surface area contributed by atoms with Gasteiger partial charge >= 0.3 is 5.91 Å². The Morgan fingerprint density at radius 3 is 2.72 bits per heavy atom. The largest absolute Gasteiger partial charge is 0.309 e. The molecule has 0 bridgehead atoms. The lowest BCUT2D eigenvalue weighted by Crippen LogP contribution is -1.93. The van der Waals surface area contributed by atoms with Gasteiger partial charge in [0.2, 0.25) is 0 Å². The van der Waals surface area contributed by atoms with Crippen LogP contribution in [0.3, 0.4) is 0 Å². The number of amides is 1. The number of carbonyl (C=O) groups is 1. The minimum Gasteiger partial charge on any atom is -0.264 e. The molecule has 0 atom stereocenters. The Hall–Kier alpha value is -2.43. The highest BCUT2D eigenvalue weighted by atomic mass is 16.3. The summed E-state index contributed by atoms with van der Waals surface area (Å²) in [5.74, 6) is -0.810. The highest BCUT2D eigenvalue weighted by Crippen LogP contribution is 2.01. The summed E-state index contributed by atoms with van der Waals surface area (Å²) in [6.07, 6.45) is 7.62. The molecule has 1 aromatic heterocycles. The van der Waals surface area contributed by atoms with Gasteiger partial charge in [-0.05, 0) is 25.5 Å². The van der Waals surface area contributed by atoms with E-state index < -0.39 is 5.91 Å². The zero-order chi connectivity index (χ0) is 13.4. The molecule has 0 aliphatic heterocycles. The molecule has 5 heteroatoms. The van der Waals surface area contributed by atoms with E-state index in [1.165, 1.54) is 6.08 Å². The van der Waals surface area contributed by atoms with Crippen LogP contribution in [0.1, 0.15) is 19.4 Å². The summed E-state index contributed by atoms with van der Waals surface area (Å²) in [5.41, 5.74) is 2.49. The second-order valence-corrected chi connectivity index (χ2v) is 3.59. The topological polar surface area (TPSA) is 71.8 Å². The van der Waals surface area contributed by atoms with Crippen molar-refractivity contribution in [3.05, 3.63) is 58.9 Å². The summed E-state index contributed by atoms with van der Waals surface area (Å²) >= 11 is 0. The normalized spacial score (nSPS) is 12.8. The summed E-state index contributed by atoms with van der Waals surface area (Å²) in [7, 11) is 0. The standard InChI is InChI=1S/C13H13N3O2/c1-10(5-6-13(17)16-18)8-15-11(2)12-4-3-7-14-9-12/h3-9H,1-2H3/b6-5+,10-8+,15-11+. The van der Waals surface area contributed by atoms with E-state index in [2.05, 4.69) is 15.2 Å². The zero-order valence-corrected chi connectivity index (χ0v) is 10.2. The Morgan fingerprint density at radius 1 is 1.33 bits per heavy atom. The van der Waals surface area contributed by atoms with E-state index in [0.717, 1.165) is 22.9 Å². The van der Waals surface area contributed by atoms with Crippen LogP contribution in [0.25, 0.3) is 0 Å². The summed E-state index contributed by atoms with van der Waals surface area (Å²) in [5, 5.41) is 2.26. The molecule has 0 aliphatic carbocycles. The lowest BCUT2D eigenvalue weighted by Gasteiger charge is -1.97. The van der Waals surface area contributed by atoms with Crippen LogP contribution in [-0.2, 0) is 4.79 Å². The van der Waals surface area contributed by atoms with Crippen LogP contribution in [0.4, 0.5) is 0 Å². The van der Waals surface area contributed by atoms with Gasteiger partial charge in [-0.2, -0.15) is 0 Å². The SMILES string of the molecule is CC(/C=C/C(=O)N=O)=C\N=C(/C)c1cccnc1. The molecule has 0 saturated carbocycles. The van der Waals surface area contributed by atoms with Gasteiger partial charge in [0.15, 0.2) is 0 Å². The summed E-state index contributed by atoms with van der Waals surface area (Å²) in [6.45, 7) is 3.64. The number of rotatable bonds is 4. The minimum atomic E-state index is -0.810. The molecule has 1 amide bonds. The van der Waals surface area contributed by atoms with E-state index in [1.807, 2.05) is 19.1 Å². The fourth-order valence-electron chi connectivity index (χ4n) is 1.13. The maximum absolute atomic E-state index is 10.6. The van der Waals surface area contributed by atoms with Crippen LogP contribution >= 0.6 is 0 Å². The van der Waals surface area contributed by atoms with Crippen LogP contribution in [0.5, 0.6) is 0 Å². The van der Waals surface area contributed by atoms with Crippen LogP contribution < -0.4 is 0 Å². The predicted molar refractivity (Wildman–Crippen MR) is 70.1 cm³/mol. The van der Waals surface area contributed by atoms with Crippen molar-refractivity contribution in [2.24, 2.45) is 10.2 Å². The molecule has 18 heavy (non-hydrogen) atoms. The summed E-state index contributed by atoms with van der Waals surface area (Å²) in [4.78, 5) is 28.7. The minimum absolute atomic E-state index is 0.746. The van der Waals surface area contributed by atoms with Crippen molar-refractivity contribution in [1.29, 1.82) is 0 Å². The Labute approximate surface area is 105 Å². The fourth-order valence-corrected chi connectivity index (χ4v) is 1.13. The van der Waals surface area contributed by atoms with Gasteiger partial charge in [0.1, 0.15) is 0 Å². The fraction of sp³-hybridized carbons (Fsp3) is 0.154. The lowest BCUT2D eigenvalue weighted by atomic mass is 10.2. The molecule has 1 aromatic rings. The first-order valence-corrected chi connectivity index (χ1v) is 5.30. The first-order chi connectivity index (χ1) is 8.63. The first-order valence-electron chi connectivity index (χ1n) is 5.30. The summed E-state index contributed by atoms with van der Waals surface area (Å²) in [6, 6.07) is 3.74. The Kier molecular flexibility index (Phi) is 5.31. The predicted octanol–water partition coefficient (Wildman–Crippen LogP) is 2.64. The Morgan fingerprint density at radius 2 is 2.11 bits per heavy atom. The second kappa shape index (κ2) is 7.01. The molecule has 0 spiro atoms. The van der Waals surface area contributed by atoms with Gasteiger partial charge in [0, 0.05) is 41.1 Å². The van der Waals surface area contributed by atoms with Crippen molar-refractivity contribution >= 4 is 11.6 Å². The highest BCUT2D eigenvalue weighted by molar-refractivity contribution is 5.98. The van der Waals surface area contributed by atoms with E-state index in [0.29, 0.717) is 0 Å². The molecular formula is C13H13N3O2.